The first-order valence-electron chi connectivity index (χ1n) is 10.0. The van der Waals surface area contributed by atoms with Crippen LogP contribution in [0.5, 0.6) is 0 Å². The molecule has 154 valence electrons. The van der Waals surface area contributed by atoms with Crippen LogP contribution in [-0.4, -0.2) is 48.8 Å². The fourth-order valence-corrected chi connectivity index (χ4v) is 4.60. The first-order valence-corrected chi connectivity index (χ1v) is 10.0. The number of hydrogen-bond acceptors (Lipinski definition) is 3. The molecule has 0 radical (unpaired) electrons. The van der Waals surface area contributed by atoms with E-state index in [0.29, 0.717) is 25.9 Å². The Hall–Kier alpha value is -2.47. The average molecular weight is 401 g/mol. The number of alkyl halides is 2. The van der Waals surface area contributed by atoms with Crippen molar-refractivity contribution in [3.05, 3.63) is 59.7 Å². The van der Waals surface area contributed by atoms with Gasteiger partial charge in [0.1, 0.15) is 6.61 Å². The van der Waals surface area contributed by atoms with Crippen LogP contribution in [-0.2, 0) is 4.74 Å². The zero-order valence-electron chi connectivity index (χ0n) is 16.2. The lowest BCUT2D eigenvalue weighted by Gasteiger charge is -2.40. The molecule has 29 heavy (non-hydrogen) atoms. The van der Waals surface area contributed by atoms with E-state index in [-0.39, 0.29) is 25.6 Å². The SMILES string of the molecule is O=C(OCC1c2ccccc2-c2ccccc21)N1CCC(CO)(CC(F)F)CC1. The monoisotopic (exact) mass is 401 g/mol. The van der Waals surface area contributed by atoms with Gasteiger partial charge in [0.05, 0.1) is 0 Å². The van der Waals surface area contributed by atoms with Gasteiger partial charge in [0.2, 0.25) is 6.43 Å². The molecule has 1 heterocycles. The lowest BCUT2D eigenvalue weighted by molar-refractivity contribution is -0.0111. The molecule has 0 atom stereocenters. The van der Waals surface area contributed by atoms with E-state index in [4.69, 9.17) is 4.74 Å². The number of rotatable bonds is 5. The van der Waals surface area contributed by atoms with Gasteiger partial charge in [-0.15, -0.1) is 0 Å². The van der Waals surface area contributed by atoms with Crippen molar-refractivity contribution >= 4 is 6.09 Å². The molecular formula is C23H25F2NO3. The normalized spacial score (nSPS) is 17.9. The van der Waals surface area contributed by atoms with Gasteiger partial charge >= 0.3 is 6.09 Å². The Balaban J connectivity index is 1.40. The van der Waals surface area contributed by atoms with Gasteiger partial charge in [-0.3, -0.25) is 0 Å². The number of nitrogens with zero attached hydrogens (tertiary/aromatic N) is 1. The largest absolute Gasteiger partial charge is 0.448 e. The number of benzene rings is 2. The smallest absolute Gasteiger partial charge is 0.409 e. The van der Waals surface area contributed by atoms with Crippen LogP contribution in [0.25, 0.3) is 11.1 Å². The molecule has 1 fully saturated rings. The molecule has 4 nitrogen and oxygen atoms in total. The fraction of sp³-hybridized carbons (Fsp3) is 0.435. The fourth-order valence-electron chi connectivity index (χ4n) is 4.60. The number of halogens is 2. The van der Waals surface area contributed by atoms with E-state index >= 15 is 0 Å². The summed E-state index contributed by atoms with van der Waals surface area (Å²) in [5, 5.41) is 9.58. The zero-order chi connectivity index (χ0) is 20.4. The van der Waals surface area contributed by atoms with Gasteiger partial charge in [-0.25, -0.2) is 13.6 Å². The lowest BCUT2D eigenvalue weighted by Crippen LogP contribution is -2.45. The second-order valence-corrected chi connectivity index (χ2v) is 8.04. The van der Waals surface area contributed by atoms with Crippen LogP contribution >= 0.6 is 0 Å². The second-order valence-electron chi connectivity index (χ2n) is 8.04. The maximum atomic E-state index is 12.8. The van der Waals surface area contributed by atoms with Crippen LogP contribution in [0, 0.1) is 5.41 Å². The van der Waals surface area contributed by atoms with E-state index in [2.05, 4.69) is 24.3 Å². The minimum absolute atomic E-state index is 0.00786. The number of carbonyl (C=O) groups is 1. The molecule has 2 aromatic rings. The summed E-state index contributed by atoms with van der Waals surface area (Å²) in [4.78, 5) is 14.2. The Morgan fingerprint density at radius 1 is 1.07 bits per heavy atom. The molecular weight excluding hydrogens is 376 g/mol. The number of fused-ring (bicyclic) bond motifs is 3. The van der Waals surface area contributed by atoms with Crippen molar-refractivity contribution in [2.75, 3.05) is 26.3 Å². The van der Waals surface area contributed by atoms with Gasteiger partial charge in [-0.1, -0.05) is 48.5 Å². The number of piperidine rings is 1. The maximum absolute atomic E-state index is 12.8. The van der Waals surface area contributed by atoms with Gasteiger partial charge in [0, 0.05) is 37.5 Å². The zero-order valence-corrected chi connectivity index (χ0v) is 16.2. The summed E-state index contributed by atoms with van der Waals surface area (Å²) < 4.78 is 31.3. The molecule has 0 aromatic heterocycles. The number of ether oxygens (including phenoxy) is 1. The van der Waals surface area contributed by atoms with Crippen molar-refractivity contribution in [1.29, 1.82) is 0 Å². The highest BCUT2D eigenvalue weighted by Gasteiger charge is 2.38. The van der Waals surface area contributed by atoms with Crippen LogP contribution in [0.1, 0.15) is 36.3 Å². The molecule has 2 aromatic carbocycles. The van der Waals surface area contributed by atoms with Gasteiger partial charge in [0.25, 0.3) is 0 Å². The third-order valence-corrected chi connectivity index (χ3v) is 6.34. The summed E-state index contributed by atoms with van der Waals surface area (Å²) in [6.45, 7) is 0.606. The van der Waals surface area contributed by atoms with Crippen LogP contribution in [0.4, 0.5) is 13.6 Å². The first kappa shape index (κ1) is 19.8. The van der Waals surface area contributed by atoms with Crippen molar-refractivity contribution < 1.29 is 23.4 Å². The summed E-state index contributed by atoms with van der Waals surface area (Å²) in [6, 6.07) is 16.3. The molecule has 4 rings (SSSR count). The maximum Gasteiger partial charge on any atom is 0.409 e. The average Bonchev–Trinajstić information content (AvgIpc) is 3.06. The quantitative estimate of drug-likeness (QED) is 0.792. The highest BCUT2D eigenvalue weighted by atomic mass is 19.3. The molecule has 6 heteroatoms. The number of carbonyl (C=O) groups excluding carboxylic acids is 1. The summed E-state index contributed by atoms with van der Waals surface area (Å²) in [6.07, 6.45) is -2.49. The number of likely N-dealkylation sites (tertiary alicyclic amines) is 1. The highest BCUT2D eigenvalue weighted by molar-refractivity contribution is 5.79. The van der Waals surface area contributed by atoms with E-state index in [9.17, 15) is 18.7 Å². The van der Waals surface area contributed by atoms with Crippen molar-refractivity contribution in [2.24, 2.45) is 5.41 Å². The predicted octanol–water partition coefficient (Wildman–Crippen LogP) is 4.67. The Labute approximate surface area is 169 Å². The Kier molecular flexibility index (Phi) is 5.54. The van der Waals surface area contributed by atoms with Gasteiger partial charge in [-0.05, 0) is 35.1 Å². The number of aliphatic hydroxyl groups excluding tert-OH is 1. The summed E-state index contributed by atoms with van der Waals surface area (Å²) in [7, 11) is 0. The third kappa shape index (κ3) is 3.86. The van der Waals surface area contributed by atoms with Gasteiger partial charge < -0.3 is 14.7 Å². The molecule has 0 unspecified atom stereocenters. The van der Waals surface area contributed by atoms with Crippen LogP contribution in [0.2, 0.25) is 0 Å². The molecule has 1 aliphatic carbocycles. The minimum atomic E-state index is -2.46. The van der Waals surface area contributed by atoms with Crippen molar-refractivity contribution in [3.63, 3.8) is 0 Å². The van der Waals surface area contributed by atoms with Crippen molar-refractivity contribution in [3.8, 4) is 11.1 Å². The Morgan fingerprint density at radius 2 is 1.62 bits per heavy atom. The Bertz CT molecular complexity index is 832. The molecule has 1 amide bonds. The number of hydrogen-bond donors (Lipinski definition) is 1. The second kappa shape index (κ2) is 8.11. The summed E-state index contributed by atoms with van der Waals surface area (Å²) in [5.74, 6) is -0.00786. The van der Waals surface area contributed by atoms with Gasteiger partial charge in [0.15, 0.2) is 0 Å². The molecule has 0 saturated carbocycles. The van der Waals surface area contributed by atoms with Crippen LogP contribution < -0.4 is 0 Å². The highest BCUT2D eigenvalue weighted by Crippen LogP contribution is 2.44. The first-order chi connectivity index (χ1) is 14.0. The predicted molar refractivity (Wildman–Crippen MR) is 106 cm³/mol. The minimum Gasteiger partial charge on any atom is -0.448 e. The number of amides is 1. The topological polar surface area (TPSA) is 49.8 Å². The van der Waals surface area contributed by atoms with E-state index in [0.717, 1.165) is 11.1 Å². The molecule has 0 bridgehead atoms. The molecule has 1 aliphatic heterocycles. The van der Waals surface area contributed by atoms with E-state index < -0.39 is 17.9 Å². The van der Waals surface area contributed by atoms with E-state index in [1.54, 1.807) is 4.90 Å². The van der Waals surface area contributed by atoms with Gasteiger partial charge in [-0.2, -0.15) is 0 Å². The third-order valence-electron chi connectivity index (χ3n) is 6.34. The van der Waals surface area contributed by atoms with Crippen LogP contribution in [0.3, 0.4) is 0 Å². The molecule has 0 spiro atoms. The lowest BCUT2D eigenvalue weighted by atomic mass is 9.76. The summed E-state index contributed by atoms with van der Waals surface area (Å²) >= 11 is 0. The number of aliphatic hydroxyl groups is 1. The van der Waals surface area contributed by atoms with Crippen molar-refractivity contribution in [1.82, 2.24) is 4.90 Å². The molecule has 1 saturated heterocycles. The summed E-state index contributed by atoms with van der Waals surface area (Å²) in [5.41, 5.74) is 3.84. The van der Waals surface area contributed by atoms with Crippen LogP contribution in [0.15, 0.2) is 48.5 Å². The van der Waals surface area contributed by atoms with E-state index in [1.807, 2.05) is 24.3 Å². The molecule has 2 aliphatic rings. The Morgan fingerprint density at radius 3 is 2.14 bits per heavy atom. The standard InChI is InChI=1S/C23H25F2NO3/c24-21(25)13-23(15-27)9-11-26(12-10-23)22(28)29-14-20-18-7-3-1-5-16(18)17-6-2-4-8-19(17)20/h1-8,20-21,27H,9-15H2. The molecule has 1 N–H and O–H groups in total. The van der Waals surface area contributed by atoms with Crippen molar-refractivity contribution in [2.45, 2.75) is 31.6 Å². The van der Waals surface area contributed by atoms with E-state index in [1.165, 1.54) is 11.1 Å².